The molecule has 3 saturated carbocycles. The molecule has 3 aliphatic rings. The van der Waals surface area contributed by atoms with Crippen LogP contribution in [0, 0.1) is 17.3 Å². The monoisotopic (exact) mass is 292 g/mol. The van der Waals surface area contributed by atoms with E-state index in [9.17, 15) is 4.79 Å². The van der Waals surface area contributed by atoms with Crippen LogP contribution in [0.25, 0.3) is 0 Å². The third kappa shape index (κ3) is 2.62. The van der Waals surface area contributed by atoms with Gasteiger partial charge >= 0.3 is 0 Å². The molecule has 0 spiro atoms. The van der Waals surface area contributed by atoms with Gasteiger partial charge < -0.3 is 10.6 Å². The maximum atomic E-state index is 12.4. The van der Waals surface area contributed by atoms with Crippen LogP contribution >= 0.6 is 0 Å². The third-order valence-electron chi connectivity index (χ3n) is 7.16. The Hall–Kier alpha value is -0.570. The minimum Gasteiger partial charge on any atom is -0.349 e. The summed E-state index contributed by atoms with van der Waals surface area (Å²) in [5.41, 5.74) is 0.220. The molecule has 3 nitrogen and oxygen atoms in total. The number of fused-ring (bicyclic) bond motifs is 2. The molecule has 1 amide bonds. The zero-order valence-electron chi connectivity index (χ0n) is 14.0. The van der Waals surface area contributed by atoms with Crippen LogP contribution in [0.4, 0.5) is 0 Å². The SMILES string of the molecule is CC1(C)[C@@H]2CC[C@H](C2)[C@@]1(C)NC(=O)CNC1CCCCC1. The predicted octanol–water partition coefficient (Wildman–Crippen LogP) is 3.24. The van der Waals surface area contributed by atoms with Gasteiger partial charge in [0.05, 0.1) is 6.54 Å². The smallest absolute Gasteiger partial charge is 0.234 e. The molecule has 3 rings (SSSR count). The van der Waals surface area contributed by atoms with Gasteiger partial charge in [0.25, 0.3) is 0 Å². The van der Waals surface area contributed by atoms with Crippen molar-refractivity contribution in [1.29, 1.82) is 0 Å². The Morgan fingerprint density at radius 2 is 1.67 bits per heavy atom. The minimum atomic E-state index is -0.0127. The van der Waals surface area contributed by atoms with Crippen LogP contribution in [-0.2, 0) is 4.79 Å². The lowest BCUT2D eigenvalue weighted by atomic mass is 9.64. The lowest BCUT2D eigenvalue weighted by Gasteiger charge is -2.48. The number of amides is 1. The fourth-order valence-electron chi connectivity index (χ4n) is 5.25. The van der Waals surface area contributed by atoms with Gasteiger partial charge in [-0.1, -0.05) is 33.1 Å². The molecule has 0 heterocycles. The van der Waals surface area contributed by atoms with Gasteiger partial charge in [0.1, 0.15) is 0 Å². The van der Waals surface area contributed by atoms with Crippen molar-refractivity contribution >= 4 is 5.91 Å². The highest BCUT2D eigenvalue weighted by molar-refractivity contribution is 5.79. The molecule has 3 aliphatic carbocycles. The van der Waals surface area contributed by atoms with E-state index >= 15 is 0 Å². The van der Waals surface area contributed by atoms with Crippen molar-refractivity contribution in [3.63, 3.8) is 0 Å². The molecular formula is C18H32N2O. The average molecular weight is 292 g/mol. The molecule has 0 unspecified atom stereocenters. The molecule has 3 fully saturated rings. The topological polar surface area (TPSA) is 41.1 Å². The number of carbonyl (C=O) groups is 1. The van der Waals surface area contributed by atoms with E-state index in [0.717, 1.165) is 5.92 Å². The van der Waals surface area contributed by atoms with Crippen LogP contribution in [0.5, 0.6) is 0 Å². The molecule has 2 bridgehead atoms. The zero-order valence-corrected chi connectivity index (χ0v) is 14.0. The molecule has 0 aromatic rings. The van der Waals surface area contributed by atoms with Gasteiger partial charge in [-0.25, -0.2) is 0 Å². The van der Waals surface area contributed by atoms with Crippen molar-refractivity contribution in [3.8, 4) is 0 Å². The maximum absolute atomic E-state index is 12.4. The molecule has 21 heavy (non-hydrogen) atoms. The molecule has 2 N–H and O–H groups in total. The Kier molecular flexibility index (Phi) is 4.06. The quantitative estimate of drug-likeness (QED) is 0.835. The summed E-state index contributed by atoms with van der Waals surface area (Å²) in [6.45, 7) is 7.49. The van der Waals surface area contributed by atoms with E-state index < -0.39 is 0 Å². The number of carbonyl (C=O) groups excluding carboxylic acids is 1. The Morgan fingerprint density at radius 1 is 1.00 bits per heavy atom. The van der Waals surface area contributed by atoms with Gasteiger partial charge in [-0.15, -0.1) is 0 Å². The highest BCUT2D eigenvalue weighted by Gasteiger charge is 2.60. The van der Waals surface area contributed by atoms with Crippen LogP contribution in [0.2, 0.25) is 0 Å². The highest BCUT2D eigenvalue weighted by Crippen LogP contribution is 2.61. The first kappa shape index (κ1) is 15.3. The first-order valence-corrected chi connectivity index (χ1v) is 8.98. The Labute approximate surface area is 129 Å². The van der Waals surface area contributed by atoms with E-state index in [0.29, 0.717) is 18.5 Å². The molecule has 3 atom stereocenters. The van der Waals surface area contributed by atoms with E-state index in [2.05, 4.69) is 31.4 Å². The Morgan fingerprint density at radius 3 is 2.29 bits per heavy atom. The van der Waals surface area contributed by atoms with E-state index in [4.69, 9.17) is 0 Å². The fourth-order valence-corrected chi connectivity index (χ4v) is 5.25. The van der Waals surface area contributed by atoms with Crippen molar-refractivity contribution in [2.75, 3.05) is 6.54 Å². The van der Waals surface area contributed by atoms with E-state index in [1.165, 1.54) is 51.4 Å². The summed E-state index contributed by atoms with van der Waals surface area (Å²) in [4.78, 5) is 12.4. The van der Waals surface area contributed by atoms with E-state index in [1.807, 2.05) is 0 Å². The van der Waals surface area contributed by atoms with Crippen LogP contribution in [-0.4, -0.2) is 24.0 Å². The summed E-state index contributed by atoms with van der Waals surface area (Å²) >= 11 is 0. The van der Waals surface area contributed by atoms with Crippen LogP contribution in [0.3, 0.4) is 0 Å². The third-order valence-corrected chi connectivity index (χ3v) is 7.16. The standard InChI is InChI=1S/C18H32N2O/c1-17(2)13-9-10-14(11-13)18(17,3)20-16(21)12-19-15-7-5-4-6-8-15/h13-15,19H,4-12H2,1-3H3,(H,20,21)/t13-,14-,18-/m1/s1. The van der Waals surface area contributed by atoms with Crippen molar-refractivity contribution < 1.29 is 4.79 Å². The predicted molar refractivity (Wildman–Crippen MR) is 86.0 cm³/mol. The summed E-state index contributed by atoms with van der Waals surface area (Å²) in [6.07, 6.45) is 10.4. The number of hydrogen-bond acceptors (Lipinski definition) is 2. The second-order valence-electron chi connectivity index (χ2n) is 8.39. The lowest BCUT2D eigenvalue weighted by Crippen LogP contribution is -2.60. The maximum Gasteiger partial charge on any atom is 0.234 e. The fraction of sp³-hybridized carbons (Fsp3) is 0.944. The molecule has 0 saturated heterocycles. The Bertz CT molecular complexity index is 400. The van der Waals surface area contributed by atoms with Crippen molar-refractivity contribution in [1.82, 2.24) is 10.6 Å². The highest BCUT2D eigenvalue weighted by atomic mass is 16.2. The number of rotatable bonds is 4. The molecular weight excluding hydrogens is 260 g/mol. The lowest BCUT2D eigenvalue weighted by molar-refractivity contribution is -0.124. The molecule has 120 valence electrons. The van der Waals surface area contributed by atoms with Gasteiger partial charge in [0, 0.05) is 11.6 Å². The normalized spacial score (nSPS) is 38.6. The molecule has 0 aromatic carbocycles. The van der Waals surface area contributed by atoms with Gasteiger partial charge in [-0.05, 0) is 56.3 Å². The summed E-state index contributed by atoms with van der Waals surface area (Å²) in [5.74, 6) is 1.67. The second kappa shape index (κ2) is 5.57. The average Bonchev–Trinajstić information content (AvgIpc) is 3.01. The van der Waals surface area contributed by atoms with E-state index in [1.54, 1.807) is 0 Å². The molecule has 0 aliphatic heterocycles. The van der Waals surface area contributed by atoms with Crippen LogP contribution in [0.1, 0.15) is 72.1 Å². The van der Waals surface area contributed by atoms with Crippen molar-refractivity contribution in [2.24, 2.45) is 17.3 Å². The van der Waals surface area contributed by atoms with Gasteiger partial charge in [-0.3, -0.25) is 4.79 Å². The van der Waals surface area contributed by atoms with Crippen LogP contribution in [0.15, 0.2) is 0 Å². The van der Waals surface area contributed by atoms with Gasteiger partial charge in [0.2, 0.25) is 5.91 Å². The number of hydrogen-bond donors (Lipinski definition) is 2. The molecule has 0 aromatic heterocycles. The Balaban J connectivity index is 1.54. The van der Waals surface area contributed by atoms with Gasteiger partial charge in [0.15, 0.2) is 0 Å². The van der Waals surface area contributed by atoms with Crippen molar-refractivity contribution in [3.05, 3.63) is 0 Å². The molecule has 0 radical (unpaired) electrons. The van der Waals surface area contributed by atoms with Crippen LogP contribution < -0.4 is 10.6 Å². The zero-order chi connectivity index (χ0) is 15.1. The first-order valence-electron chi connectivity index (χ1n) is 8.98. The summed E-state index contributed by atoms with van der Waals surface area (Å²) < 4.78 is 0. The first-order chi connectivity index (χ1) is 9.93. The number of nitrogens with one attached hydrogen (secondary N) is 2. The van der Waals surface area contributed by atoms with Gasteiger partial charge in [-0.2, -0.15) is 0 Å². The largest absolute Gasteiger partial charge is 0.349 e. The summed E-state index contributed by atoms with van der Waals surface area (Å²) in [6, 6.07) is 0.561. The molecule has 3 heteroatoms. The van der Waals surface area contributed by atoms with Crippen molar-refractivity contribution in [2.45, 2.75) is 83.7 Å². The summed E-state index contributed by atoms with van der Waals surface area (Å²) in [7, 11) is 0. The summed E-state index contributed by atoms with van der Waals surface area (Å²) in [5, 5.41) is 6.89. The minimum absolute atomic E-state index is 0.0127. The van der Waals surface area contributed by atoms with E-state index in [-0.39, 0.29) is 16.9 Å². The second-order valence-corrected chi connectivity index (χ2v) is 8.39.